The van der Waals surface area contributed by atoms with Gasteiger partial charge in [0.15, 0.2) is 0 Å². The molecule has 0 saturated heterocycles. The quantitative estimate of drug-likeness (QED) is 0.678. The second kappa shape index (κ2) is 6.65. The van der Waals surface area contributed by atoms with Gasteiger partial charge in [-0.25, -0.2) is 18.2 Å². The monoisotopic (exact) mass is 373 g/mol. The lowest BCUT2D eigenvalue weighted by atomic mass is 10.2. The summed E-state index contributed by atoms with van der Waals surface area (Å²) in [5.74, 6) is -0.550. The van der Waals surface area contributed by atoms with E-state index in [1.54, 1.807) is 31.2 Å². The topological polar surface area (TPSA) is 137 Å². The maximum Gasteiger partial charge on any atom is 0.278 e. The first kappa shape index (κ1) is 17.7. The van der Waals surface area contributed by atoms with Gasteiger partial charge in [-0.15, -0.1) is 5.10 Å². The molecule has 0 aliphatic heterocycles. The zero-order valence-electron chi connectivity index (χ0n) is 13.7. The third-order valence-electron chi connectivity index (χ3n) is 3.73. The number of fused-ring (bicyclic) bond motifs is 1. The number of nitrogens with two attached hydrogens (primary N) is 1. The number of aromatic nitrogens is 3. The fourth-order valence-corrected chi connectivity index (χ4v) is 2.91. The molecular weight excluding hydrogens is 358 g/mol. The third-order valence-corrected chi connectivity index (χ3v) is 4.65. The molecule has 0 unspecified atom stereocenters. The summed E-state index contributed by atoms with van der Waals surface area (Å²) in [6.07, 6.45) is 0. The Bertz CT molecular complexity index is 1170. The van der Waals surface area contributed by atoms with Crippen LogP contribution in [0.3, 0.4) is 0 Å². The van der Waals surface area contributed by atoms with Gasteiger partial charge in [0.05, 0.1) is 10.3 Å². The Labute approximate surface area is 148 Å². The van der Waals surface area contributed by atoms with Crippen LogP contribution in [-0.4, -0.2) is 29.3 Å². The van der Waals surface area contributed by atoms with Crippen LogP contribution in [0.25, 0.3) is 10.9 Å². The average molecular weight is 373 g/mol. The molecule has 1 aromatic heterocycles. The molecule has 0 atom stereocenters. The average Bonchev–Trinajstić information content (AvgIpc) is 2.58. The van der Waals surface area contributed by atoms with Crippen LogP contribution in [0, 0.1) is 6.92 Å². The Hall–Kier alpha value is -3.11. The number of carbonyl (C=O) groups is 1. The molecule has 26 heavy (non-hydrogen) atoms. The Balaban J connectivity index is 1.86. The first-order chi connectivity index (χ1) is 12.3. The van der Waals surface area contributed by atoms with E-state index < -0.39 is 21.5 Å². The molecule has 3 rings (SSSR count). The van der Waals surface area contributed by atoms with E-state index in [1.165, 1.54) is 18.2 Å². The number of amides is 1. The summed E-state index contributed by atoms with van der Waals surface area (Å²) >= 11 is 0. The smallest absolute Gasteiger partial charge is 0.278 e. The molecule has 134 valence electrons. The first-order valence-corrected chi connectivity index (χ1v) is 9.06. The van der Waals surface area contributed by atoms with Crippen molar-refractivity contribution < 1.29 is 13.2 Å². The van der Waals surface area contributed by atoms with Crippen LogP contribution in [0.5, 0.6) is 0 Å². The predicted molar refractivity (Wildman–Crippen MR) is 95.0 cm³/mol. The number of hydrogen-bond donors (Lipinski definition) is 2. The highest BCUT2D eigenvalue weighted by Crippen LogP contribution is 2.19. The van der Waals surface area contributed by atoms with Gasteiger partial charge in [-0.3, -0.25) is 9.59 Å². The van der Waals surface area contributed by atoms with E-state index in [2.05, 4.69) is 15.6 Å². The maximum absolute atomic E-state index is 12.4. The highest BCUT2D eigenvalue weighted by molar-refractivity contribution is 7.89. The van der Waals surface area contributed by atoms with Gasteiger partial charge in [-0.1, -0.05) is 23.4 Å². The fraction of sp³-hybridized carbons (Fsp3) is 0.125. The fourth-order valence-electron chi connectivity index (χ4n) is 2.37. The number of nitrogens with one attached hydrogen (secondary N) is 1. The number of primary sulfonamides is 1. The lowest BCUT2D eigenvalue weighted by molar-refractivity contribution is -0.117. The highest BCUT2D eigenvalue weighted by atomic mass is 32.2. The largest absolute Gasteiger partial charge is 0.324 e. The zero-order chi connectivity index (χ0) is 18.9. The van der Waals surface area contributed by atoms with Crippen molar-refractivity contribution in [3.63, 3.8) is 0 Å². The van der Waals surface area contributed by atoms with Gasteiger partial charge in [0, 0.05) is 5.69 Å². The van der Waals surface area contributed by atoms with E-state index in [0.717, 1.165) is 4.68 Å². The molecule has 0 spiro atoms. The Morgan fingerprint density at radius 1 is 1.23 bits per heavy atom. The van der Waals surface area contributed by atoms with Crippen molar-refractivity contribution in [1.82, 2.24) is 15.0 Å². The molecule has 1 heterocycles. The van der Waals surface area contributed by atoms with Crippen molar-refractivity contribution in [2.24, 2.45) is 5.14 Å². The number of nitrogens with zero attached hydrogens (tertiary/aromatic N) is 3. The summed E-state index contributed by atoms with van der Waals surface area (Å²) in [5, 5.41) is 15.7. The lowest BCUT2D eigenvalue weighted by Gasteiger charge is -2.10. The number of hydrogen-bond acceptors (Lipinski definition) is 6. The van der Waals surface area contributed by atoms with Crippen molar-refractivity contribution in [2.75, 3.05) is 5.32 Å². The van der Waals surface area contributed by atoms with Crippen LogP contribution in [0.1, 0.15) is 5.56 Å². The van der Waals surface area contributed by atoms with Crippen molar-refractivity contribution in [1.29, 1.82) is 0 Å². The molecule has 0 saturated carbocycles. The normalized spacial score (nSPS) is 11.5. The minimum Gasteiger partial charge on any atom is -0.324 e. The maximum atomic E-state index is 12.4. The molecule has 1 amide bonds. The van der Waals surface area contributed by atoms with Crippen LogP contribution in [0.15, 0.2) is 52.2 Å². The molecule has 2 aromatic carbocycles. The number of rotatable bonds is 4. The summed E-state index contributed by atoms with van der Waals surface area (Å²) in [7, 11) is -3.90. The summed E-state index contributed by atoms with van der Waals surface area (Å²) in [6.45, 7) is 1.33. The summed E-state index contributed by atoms with van der Waals surface area (Å²) in [6, 6.07) is 10.8. The van der Waals surface area contributed by atoms with E-state index in [1.807, 2.05) is 0 Å². The number of carbonyl (C=O) groups excluding carboxylic acids is 1. The van der Waals surface area contributed by atoms with Crippen molar-refractivity contribution in [3.8, 4) is 0 Å². The van der Waals surface area contributed by atoms with Gasteiger partial charge in [0.25, 0.3) is 5.56 Å². The molecule has 3 aromatic rings. The summed E-state index contributed by atoms with van der Waals surface area (Å²) in [4.78, 5) is 24.5. The van der Waals surface area contributed by atoms with Crippen LogP contribution in [-0.2, 0) is 21.4 Å². The molecule has 0 aliphatic rings. The van der Waals surface area contributed by atoms with Crippen LogP contribution >= 0.6 is 0 Å². The molecule has 0 bridgehead atoms. The van der Waals surface area contributed by atoms with Crippen LogP contribution in [0.2, 0.25) is 0 Å². The Morgan fingerprint density at radius 3 is 2.69 bits per heavy atom. The van der Waals surface area contributed by atoms with E-state index in [0.29, 0.717) is 16.5 Å². The molecule has 9 nitrogen and oxygen atoms in total. The molecule has 0 aliphatic carbocycles. The SMILES string of the molecule is Cc1ccc(S(N)(=O)=O)cc1NC(=O)Cn1nnc2ccccc2c1=O. The van der Waals surface area contributed by atoms with Crippen molar-refractivity contribution >= 4 is 32.5 Å². The Morgan fingerprint density at radius 2 is 1.96 bits per heavy atom. The third kappa shape index (κ3) is 3.60. The van der Waals surface area contributed by atoms with Crippen LogP contribution in [0.4, 0.5) is 5.69 Å². The molecule has 3 N–H and O–H groups in total. The molecular formula is C16H15N5O4S. The van der Waals surface area contributed by atoms with Gasteiger partial charge in [0.1, 0.15) is 12.1 Å². The van der Waals surface area contributed by atoms with Gasteiger partial charge < -0.3 is 5.32 Å². The van der Waals surface area contributed by atoms with Crippen molar-refractivity contribution in [2.45, 2.75) is 18.4 Å². The van der Waals surface area contributed by atoms with Crippen LogP contribution < -0.4 is 16.0 Å². The number of aryl methyl sites for hydroxylation is 1. The minimum absolute atomic E-state index is 0.124. The molecule has 10 heteroatoms. The molecule has 0 radical (unpaired) electrons. The van der Waals surface area contributed by atoms with Crippen molar-refractivity contribution in [3.05, 3.63) is 58.4 Å². The number of sulfonamides is 1. The lowest BCUT2D eigenvalue weighted by Crippen LogP contribution is -2.30. The standard InChI is InChI=1S/C16H15N5O4S/c1-10-6-7-11(26(17,24)25)8-14(10)18-15(22)9-21-16(23)12-4-2-3-5-13(12)19-20-21/h2-8H,9H2,1H3,(H,18,22)(H2,17,24,25). The highest BCUT2D eigenvalue weighted by Gasteiger charge is 2.13. The van der Waals surface area contributed by atoms with E-state index >= 15 is 0 Å². The Kier molecular flexibility index (Phi) is 4.53. The number of anilines is 1. The zero-order valence-corrected chi connectivity index (χ0v) is 14.5. The predicted octanol–water partition coefficient (Wildman–Crippen LogP) is 0.386. The van der Waals surface area contributed by atoms with E-state index in [-0.39, 0.29) is 17.1 Å². The second-order valence-corrected chi connectivity index (χ2v) is 7.20. The van der Waals surface area contributed by atoms with Gasteiger partial charge in [-0.2, -0.15) is 0 Å². The molecule has 0 fully saturated rings. The van der Waals surface area contributed by atoms with Gasteiger partial charge in [-0.05, 0) is 36.8 Å². The second-order valence-electron chi connectivity index (χ2n) is 5.64. The van der Waals surface area contributed by atoms with Gasteiger partial charge >= 0.3 is 0 Å². The summed E-state index contributed by atoms with van der Waals surface area (Å²) in [5.41, 5.74) is 0.914. The summed E-state index contributed by atoms with van der Waals surface area (Å²) < 4.78 is 23.8. The number of benzene rings is 2. The van der Waals surface area contributed by atoms with Gasteiger partial charge in [0.2, 0.25) is 15.9 Å². The van der Waals surface area contributed by atoms with E-state index in [4.69, 9.17) is 5.14 Å². The van der Waals surface area contributed by atoms with E-state index in [9.17, 15) is 18.0 Å². The minimum atomic E-state index is -3.90. The first-order valence-electron chi connectivity index (χ1n) is 7.51.